The summed E-state index contributed by atoms with van der Waals surface area (Å²) in [7, 11) is 7.94. The summed E-state index contributed by atoms with van der Waals surface area (Å²) < 4.78 is 0. The topological polar surface area (TPSA) is 35.6 Å². The van der Waals surface area contributed by atoms with Crippen LogP contribution in [0.15, 0.2) is 0 Å². The molecule has 0 aliphatic carbocycles. The number of hydrogen-bond donors (Lipinski definition) is 1. The largest absolute Gasteiger partial charge is 0.345 e. The van der Waals surface area contributed by atoms with Crippen LogP contribution in [0.25, 0.3) is 0 Å². The minimum absolute atomic E-state index is 0.184. The number of amides is 1. The number of hydrogen-bond acceptors (Lipinski definition) is 3. The Bertz CT molecular complexity index is 207. The quantitative estimate of drug-likeness (QED) is 0.571. The molecular formula is C14H31N3O. The zero-order valence-corrected chi connectivity index (χ0v) is 12.7. The number of unbranched alkanes of at least 4 members (excludes halogenated alkanes) is 5. The Balaban J connectivity index is 3.27. The van der Waals surface area contributed by atoms with E-state index in [4.69, 9.17) is 0 Å². The van der Waals surface area contributed by atoms with Gasteiger partial charge in [0, 0.05) is 13.6 Å². The minimum Gasteiger partial charge on any atom is -0.345 e. The summed E-state index contributed by atoms with van der Waals surface area (Å²) in [5, 5.41) is 2.89. The third-order valence-corrected chi connectivity index (χ3v) is 3.10. The molecule has 1 amide bonds. The van der Waals surface area contributed by atoms with Crippen molar-refractivity contribution < 1.29 is 4.79 Å². The summed E-state index contributed by atoms with van der Waals surface area (Å²) in [6.45, 7) is 2.53. The van der Waals surface area contributed by atoms with E-state index in [1.54, 1.807) is 7.05 Å². The number of rotatable bonds is 11. The van der Waals surface area contributed by atoms with Gasteiger partial charge in [0.15, 0.2) is 0 Å². The first-order valence-corrected chi connectivity index (χ1v) is 7.11. The molecule has 0 aliphatic rings. The van der Waals surface area contributed by atoms with E-state index >= 15 is 0 Å². The highest BCUT2D eigenvalue weighted by Gasteiger charge is 2.05. The van der Waals surface area contributed by atoms with Crippen molar-refractivity contribution in [3.8, 4) is 0 Å². The highest BCUT2D eigenvalue weighted by atomic mass is 16.2. The van der Waals surface area contributed by atoms with Gasteiger partial charge in [0.05, 0.1) is 6.54 Å². The molecule has 0 aromatic rings. The summed E-state index contributed by atoms with van der Waals surface area (Å²) in [6.07, 6.45) is 7.60. The lowest BCUT2D eigenvalue weighted by Crippen LogP contribution is -2.34. The second kappa shape index (κ2) is 11.5. The van der Waals surface area contributed by atoms with Crippen LogP contribution in [0.3, 0.4) is 0 Å². The molecule has 0 fully saturated rings. The fourth-order valence-corrected chi connectivity index (χ4v) is 1.89. The average molecular weight is 257 g/mol. The van der Waals surface area contributed by atoms with E-state index < -0.39 is 0 Å². The summed E-state index contributed by atoms with van der Waals surface area (Å²) in [4.78, 5) is 15.5. The zero-order valence-electron chi connectivity index (χ0n) is 12.7. The first-order chi connectivity index (χ1) is 8.57. The molecule has 0 atom stereocenters. The predicted octanol–water partition coefficient (Wildman–Crippen LogP) is 1.57. The second-order valence-electron chi connectivity index (χ2n) is 5.27. The normalized spacial score (nSPS) is 10.9. The molecule has 0 aromatic carbocycles. The Morgan fingerprint density at radius 2 is 1.39 bits per heavy atom. The summed E-state index contributed by atoms with van der Waals surface area (Å²) >= 11 is 0. The maximum absolute atomic E-state index is 11.5. The first kappa shape index (κ1) is 17.4. The highest BCUT2D eigenvalue weighted by Crippen LogP contribution is 2.06. The molecule has 0 unspecified atom stereocenters. The van der Waals surface area contributed by atoms with Gasteiger partial charge < -0.3 is 15.1 Å². The SMILES string of the molecule is CNCC(=O)N(C)CCCCCCCCN(C)C. The van der Waals surface area contributed by atoms with Crippen LogP contribution in [0.5, 0.6) is 0 Å². The van der Waals surface area contributed by atoms with Gasteiger partial charge in [-0.1, -0.05) is 25.7 Å². The number of nitrogens with zero attached hydrogens (tertiary/aromatic N) is 2. The highest BCUT2D eigenvalue weighted by molar-refractivity contribution is 5.77. The Morgan fingerprint density at radius 3 is 1.89 bits per heavy atom. The van der Waals surface area contributed by atoms with Crippen LogP contribution in [0.1, 0.15) is 38.5 Å². The fraction of sp³-hybridized carbons (Fsp3) is 0.929. The van der Waals surface area contributed by atoms with Crippen LogP contribution < -0.4 is 5.32 Å². The summed E-state index contributed by atoms with van der Waals surface area (Å²) in [5.41, 5.74) is 0. The van der Waals surface area contributed by atoms with Gasteiger partial charge in [-0.2, -0.15) is 0 Å². The molecule has 4 nitrogen and oxygen atoms in total. The first-order valence-electron chi connectivity index (χ1n) is 7.11. The van der Waals surface area contributed by atoms with Crippen molar-refractivity contribution in [2.45, 2.75) is 38.5 Å². The van der Waals surface area contributed by atoms with E-state index in [-0.39, 0.29) is 5.91 Å². The molecule has 0 aliphatic heterocycles. The van der Waals surface area contributed by atoms with Crippen LogP contribution in [-0.2, 0) is 4.79 Å². The molecule has 1 N–H and O–H groups in total. The van der Waals surface area contributed by atoms with Crippen LogP contribution in [-0.4, -0.2) is 63.5 Å². The predicted molar refractivity (Wildman–Crippen MR) is 77.8 cm³/mol. The van der Waals surface area contributed by atoms with Gasteiger partial charge in [-0.3, -0.25) is 4.79 Å². The molecule has 18 heavy (non-hydrogen) atoms. The van der Waals surface area contributed by atoms with Gasteiger partial charge in [0.2, 0.25) is 5.91 Å². The van der Waals surface area contributed by atoms with Crippen molar-refractivity contribution in [3.63, 3.8) is 0 Å². The molecule has 4 heteroatoms. The maximum Gasteiger partial charge on any atom is 0.236 e. The van der Waals surface area contributed by atoms with Crippen LogP contribution >= 0.6 is 0 Å². The lowest BCUT2D eigenvalue weighted by Gasteiger charge is -2.16. The van der Waals surface area contributed by atoms with Gasteiger partial charge >= 0.3 is 0 Å². The van der Waals surface area contributed by atoms with Crippen molar-refractivity contribution in [2.24, 2.45) is 0 Å². The molecule has 0 bridgehead atoms. The number of carbonyl (C=O) groups excluding carboxylic acids is 1. The van der Waals surface area contributed by atoms with E-state index in [1.165, 1.54) is 38.6 Å². The van der Waals surface area contributed by atoms with E-state index in [2.05, 4.69) is 24.3 Å². The molecule has 0 heterocycles. The third kappa shape index (κ3) is 10.5. The maximum atomic E-state index is 11.5. The van der Waals surface area contributed by atoms with Crippen LogP contribution in [0, 0.1) is 0 Å². The van der Waals surface area contributed by atoms with Gasteiger partial charge in [0.25, 0.3) is 0 Å². The fourth-order valence-electron chi connectivity index (χ4n) is 1.89. The van der Waals surface area contributed by atoms with Crippen molar-refractivity contribution in [1.82, 2.24) is 15.1 Å². The van der Waals surface area contributed by atoms with Gasteiger partial charge in [-0.15, -0.1) is 0 Å². The van der Waals surface area contributed by atoms with E-state index in [0.29, 0.717) is 6.54 Å². The number of carbonyl (C=O) groups is 1. The van der Waals surface area contributed by atoms with Crippen LogP contribution in [0.2, 0.25) is 0 Å². The monoisotopic (exact) mass is 257 g/mol. The molecule has 0 spiro atoms. The van der Waals surface area contributed by atoms with Gasteiger partial charge in [0.1, 0.15) is 0 Å². The van der Waals surface area contributed by atoms with E-state index in [1.807, 2.05) is 11.9 Å². The molecular weight excluding hydrogens is 226 g/mol. The molecule has 0 saturated carbocycles. The Hall–Kier alpha value is -0.610. The molecule has 0 rings (SSSR count). The van der Waals surface area contributed by atoms with Crippen molar-refractivity contribution >= 4 is 5.91 Å². The number of likely N-dealkylation sites (N-methyl/N-ethyl adjacent to an activating group) is 2. The number of nitrogens with one attached hydrogen (secondary N) is 1. The van der Waals surface area contributed by atoms with Gasteiger partial charge in [-0.05, 0) is 40.5 Å². The van der Waals surface area contributed by atoms with Gasteiger partial charge in [-0.25, -0.2) is 0 Å². The Kier molecular flexibility index (Phi) is 11.1. The average Bonchev–Trinajstić information content (AvgIpc) is 2.32. The van der Waals surface area contributed by atoms with Crippen molar-refractivity contribution in [1.29, 1.82) is 0 Å². The smallest absolute Gasteiger partial charge is 0.236 e. The van der Waals surface area contributed by atoms with Crippen LogP contribution in [0.4, 0.5) is 0 Å². The van der Waals surface area contributed by atoms with E-state index in [9.17, 15) is 4.79 Å². The summed E-state index contributed by atoms with van der Waals surface area (Å²) in [6, 6.07) is 0. The Morgan fingerprint density at radius 1 is 0.889 bits per heavy atom. The zero-order chi connectivity index (χ0) is 13.8. The third-order valence-electron chi connectivity index (χ3n) is 3.10. The minimum atomic E-state index is 0.184. The summed E-state index contributed by atoms with van der Waals surface area (Å²) in [5.74, 6) is 0.184. The Labute approximate surface area is 113 Å². The molecule has 0 saturated heterocycles. The van der Waals surface area contributed by atoms with Crippen molar-refractivity contribution in [2.75, 3.05) is 47.8 Å². The van der Waals surface area contributed by atoms with Crippen molar-refractivity contribution in [3.05, 3.63) is 0 Å². The second-order valence-corrected chi connectivity index (χ2v) is 5.27. The van der Waals surface area contributed by atoms with E-state index in [0.717, 1.165) is 13.0 Å². The molecule has 108 valence electrons. The lowest BCUT2D eigenvalue weighted by atomic mass is 10.1. The molecule has 0 radical (unpaired) electrons. The lowest BCUT2D eigenvalue weighted by molar-refractivity contribution is -0.128. The molecule has 0 aromatic heterocycles. The standard InChI is InChI=1S/C14H31N3O/c1-15-13-14(18)17(4)12-10-8-6-5-7-9-11-16(2)3/h15H,5-13H2,1-4H3.